The van der Waals surface area contributed by atoms with Crippen molar-refractivity contribution in [2.45, 2.75) is 19.9 Å². The first-order valence-corrected chi connectivity index (χ1v) is 3.80. The van der Waals surface area contributed by atoms with E-state index in [-0.39, 0.29) is 0 Å². The first-order valence-electron chi connectivity index (χ1n) is 2.39. The van der Waals surface area contributed by atoms with Gasteiger partial charge in [-0.15, -0.1) is 0 Å². The van der Waals surface area contributed by atoms with Crippen molar-refractivity contribution in [3.63, 3.8) is 0 Å². The number of allylic oxidation sites excluding steroid dienone is 1. The maximum absolute atomic E-state index is 4.92. The Labute approximate surface area is 47.3 Å². The number of hydrogen-bond acceptors (Lipinski definition) is 1. The van der Waals surface area contributed by atoms with Crippen LogP contribution >= 0.6 is 0 Å². The van der Waals surface area contributed by atoms with Gasteiger partial charge in [0.05, 0.1) is 6.26 Å². The van der Waals surface area contributed by atoms with Gasteiger partial charge in [0.1, 0.15) is 0 Å². The second-order valence-electron chi connectivity index (χ2n) is 1.10. The van der Waals surface area contributed by atoms with Crippen LogP contribution in [0.2, 0.25) is 6.55 Å². The minimum atomic E-state index is 0.581. The molecule has 0 aliphatic rings. The molecule has 1 nitrogen and oxygen atoms in total. The standard InChI is InChI=1S/C5H10OSi/c1-3-4-5-6-7-2/h4-5H,3H2,1-2H3/b5-4+. The third-order valence-corrected chi connectivity index (χ3v) is 0.890. The topological polar surface area (TPSA) is 9.23 Å². The van der Waals surface area contributed by atoms with E-state index in [2.05, 4.69) is 6.92 Å². The van der Waals surface area contributed by atoms with E-state index in [1.807, 2.05) is 12.6 Å². The zero-order valence-corrected chi connectivity index (χ0v) is 5.77. The summed E-state index contributed by atoms with van der Waals surface area (Å²) < 4.78 is 4.92. The van der Waals surface area contributed by atoms with Crippen LogP contribution in [0.4, 0.5) is 0 Å². The molecule has 2 heteroatoms. The Morgan fingerprint density at radius 1 is 1.71 bits per heavy atom. The Morgan fingerprint density at radius 3 is 2.86 bits per heavy atom. The van der Waals surface area contributed by atoms with Gasteiger partial charge in [0.25, 0.3) is 0 Å². The van der Waals surface area contributed by atoms with E-state index in [0.717, 1.165) is 6.42 Å². The average molecular weight is 114 g/mol. The largest absolute Gasteiger partial charge is 0.547 e. The van der Waals surface area contributed by atoms with Crippen LogP contribution in [0.15, 0.2) is 12.3 Å². The Balaban J connectivity index is 2.78. The summed E-state index contributed by atoms with van der Waals surface area (Å²) in [5.74, 6) is 0. The first-order chi connectivity index (χ1) is 3.41. The van der Waals surface area contributed by atoms with Crippen LogP contribution in [0.25, 0.3) is 0 Å². The molecule has 7 heavy (non-hydrogen) atoms. The highest BCUT2D eigenvalue weighted by Gasteiger charge is 1.68. The van der Waals surface area contributed by atoms with E-state index in [1.165, 1.54) is 0 Å². The second-order valence-corrected chi connectivity index (χ2v) is 1.75. The molecule has 0 amide bonds. The van der Waals surface area contributed by atoms with Crippen molar-refractivity contribution in [3.05, 3.63) is 12.3 Å². The first kappa shape index (κ1) is 6.76. The van der Waals surface area contributed by atoms with Crippen molar-refractivity contribution < 1.29 is 4.43 Å². The second kappa shape index (κ2) is 5.76. The lowest BCUT2D eigenvalue weighted by Crippen LogP contribution is -1.80. The fourth-order valence-electron chi connectivity index (χ4n) is 0.212. The molecular weight excluding hydrogens is 104 g/mol. The van der Waals surface area contributed by atoms with Gasteiger partial charge in [0.2, 0.25) is 0 Å². The van der Waals surface area contributed by atoms with Crippen LogP contribution in [-0.2, 0) is 4.43 Å². The molecule has 0 spiro atoms. The number of rotatable bonds is 3. The Hall–Kier alpha value is -0.243. The molecule has 0 saturated carbocycles. The summed E-state index contributed by atoms with van der Waals surface area (Å²) in [5, 5.41) is 0. The zero-order valence-electron chi connectivity index (χ0n) is 4.77. The summed E-state index contributed by atoms with van der Waals surface area (Å²) in [7, 11) is 0.581. The zero-order chi connectivity index (χ0) is 5.54. The maximum atomic E-state index is 4.92. The molecule has 0 aliphatic heterocycles. The lowest BCUT2D eigenvalue weighted by molar-refractivity contribution is 0.517. The summed E-state index contributed by atoms with van der Waals surface area (Å²) in [6.07, 6.45) is 4.80. The van der Waals surface area contributed by atoms with Crippen molar-refractivity contribution in [2.75, 3.05) is 0 Å². The normalized spacial score (nSPS) is 10.0. The average Bonchev–Trinajstić information content (AvgIpc) is 1.69. The van der Waals surface area contributed by atoms with Crippen molar-refractivity contribution in [1.82, 2.24) is 0 Å². The molecule has 0 aromatic carbocycles. The summed E-state index contributed by atoms with van der Waals surface area (Å²) in [6.45, 7) is 4.08. The minimum absolute atomic E-state index is 0.581. The van der Waals surface area contributed by atoms with E-state index in [9.17, 15) is 0 Å². The molecule has 0 unspecified atom stereocenters. The molecule has 40 valence electrons. The smallest absolute Gasteiger partial charge is 0.306 e. The lowest BCUT2D eigenvalue weighted by Gasteiger charge is -1.86. The SMILES string of the molecule is CC/C=C/O[Si]C. The summed E-state index contributed by atoms with van der Waals surface area (Å²) in [5.41, 5.74) is 0. The quantitative estimate of drug-likeness (QED) is 0.400. The van der Waals surface area contributed by atoms with Gasteiger partial charge in [-0.1, -0.05) is 13.0 Å². The molecule has 0 rings (SSSR count). The summed E-state index contributed by atoms with van der Waals surface area (Å²) >= 11 is 0. The summed E-state index contributed by atoms with van der Waals surface area (Å²) in [6, 6.07) is 0. The van der Waals surface area contributed by atoms with Gasteiger partial charge in [0, 0.05) is 0 Å². The van der Waals surface area contributed by atoms with Gasteiger partial charge in [-0.3, -0.25) is 0 Å². The van der Waals surface area contributed by atoms with Gasteiger partial charge >= 0.3 is 9.76 Å². The molecule has 2 radical (unpaired) electrons. The third-order valence-electron chi connectivity index (χ3n) is 0.518. The molecule has 0 fully saturated rings. The van der Waals surface area contributed by atoms with Crippen LogP contribution < -0.4 is 0 Å². The van der Waals surface area contributed by atoms with Gasteiger partial charge in [0.15, 0.2) is 0 Å². The highest BCUT2D eigenvalue weighted by atomic mass is 28.2. The van der Waals surface area contributed by atoms with E-state index < -0.39 is 0 Å². The van der Waals surface area contributed by atoms with E-state index in [0.29, 0.717) is 9.76 Å². The molecule has 0 heterocycles. The van der Waals surface area contributed by atoms with Gasteiger partial charge < -0.3 is 4.43 Å². The highest BCUT2D eigenvalue weighted by Crippen LogP contribution is 1.78. The number of hydrogen-bond donors (Lipinski definition) is 0. The molecule has 0 aliphatic carbocycles. The summed E-state index contributed by atoms with van der Waals surface area (Å²) in [4.78, 5) is 0. The molecule has 0 saturated heterocycles. The minimum Gasteiger partial charge on any atom is -0.547 e. The van der Waals surface area contributed by atoms with Crippen LogP contribution in [0.3, 0.4) is 0 Å². The predicted octanol–water partition coefficient (Wildman–Crippen LogP) is 1.59. The van der Waals surface area contributed by atoms with Crippen molar-refractivity contribution in [3.8, 4) is 0 Å². The van der Waals surface area contributed by atoms with E-state index >= 15 is 0 Å². The molecule has 0 aromatic rings. The van der Waals surface area contributed by atoms with Crippen molar-refractivity contribution in [2.24, 2.45) is 0 Å². The molecule has 0 atom stereocenters. The maximum Gasteiger partial charge on any atom is 0.306 e. The molecule has 0 aromatic heterocycles. The monoisotopic (exact) mass is 114 g/mol. The van der Waals surface area contributed by atoms with Gasteiger partial charge in [-0.2, -0.15) is 0 Å². The van der Waals surface area contributed by atoms with E-state index in [4.69, 9.17) is 4.43 Å². The van der Waals surface area contributed by atoms with Crippen LogP contribution in [0.1, 0.15) is 13.3 Å². The van der Waals surface area contributed by atoms with Crippen LogP contribution in [-0.4, -0.2) is 9.76 Å². The Morgan fingerprint density at radius 2 is 2.43 bits per heavy atom. The van der Waals surface area contributed by atoms with Crippen molar-refractivity contribution >= 4 is 9.76 Å². The third kappa shape index (κ3) is 5.76. The molecular formula is C5H10OSi. The lowest BCUT2D eigenvalue weighted by atomic mass is 10.5. The molecule has 0 N–H and O–H groups in total. The fraction of sp³-hybridized carbons (Fsp3) is 0.600. The highest BCUT2D eigenvalue weighted by molar-refractivity contribution is 6.25. The van der Waals surface area contributed by atoms with Gasteiger partial charge in [-0.05, 0) is 13.0 Å². The van der Waals surface area contributed by atoms with Crippen LogP contribution in [0.5, 0.6) is 0 Å². The van der Waals surface area contributed by atoms with E-state index in [1.54, 1.807) is 6.26 Å². The van der Waals surface area contributed by atoms with Crippen LogP contribution in [0, 0.1) is 0 Å². The Bertz CT molecular complexity index is 52.0. The fourth-order valence-corrected chi connectivity index (χ4v) is 0.445. The molecule has 0 bridgehead atoms. The Kier molecular flexibility index (Phi) is 5.56. The predicted molar refractivity (Wildman–Crippen MR) is 32.1 cm³/mol. The van der Waals surface area contributed by atoms with Gasteiger partial charge in [-0.25, -0.2) is 0 Å². The van der Waals surface area contributed by atoms with Crippen molar-refractivity contribution in [1.29, 1.82) is 0 Å².